The van der Waals surface area contributed by atoms with Crippen LogP contribution in [-0.4, -0.2) is 40.2 Å². The predicted octanol–water partition coefficient (Wildman–Crippen LogP) is 3.25. The lowest BCUT2D eigenvalue weighted by Crippen LogP contribution is -2.17. The molecule has 8 nitrogen and oxygen atoms in total. The zero-order chi connectivity index (χ0) is 19.8. The fraction of sp³-hybridized carbons (Fsp3) is 0.105. The molecular formula is C19H15BrN4O4. The number of hydrogen-bond acceptors (Lipinski definition) is 6. The number of aromatic nitrogens is 3. The number of methoxy groups -OCH3 is 2. The van der Waals surface area contributed by atoms with Crippen LogP contribution in [0.3, 0.4) is 0 Å². The van der Waals surface area contributed by atoms with Crippen molar-refractivity contribution in [3.63, 3.8) is 0 Å². The van der Waals surface area contributed by atoms with Crippen molar-refractivity contribution in [3.8, 4) is 17.2 Å². The molecule has 28 heavy (non-hydrogen) atoms. The summed E-state index contributed by atoms with van der Waals surface area (Å²) in [6.07, 6.45) is 2.73. The van der Waals surface area contributed by atoms with Crippen LogP contribution >= 0.6 is 15.9 Å². The van der Waals surface area contributed by atoms with Crippen molar-refractivity contribution in [3.05, 3.63) is 57.0 Å². The lowest BCUT2D eigenvalue weighted by molar-refractivity contribution is 0.356. The first-order chi connectivity index (χ1) is 13.5. The molecule has 4 aromatic rings. The van der Waals surface area contributed by atoms with Crippen LogP contribution in [0, 0.1) is 0 Å². The number of aromatic amines is 1. The first-order valence-corrected chi connectivity index (χ1v) is 8.99. The molecule has 9 heteroatoms. The van der Waals surface area contributed by atoms with Gasteiger partial charge in [0.25, 0.3) is 5.56 Å². The molecule has 0 aliphatic heterocycles. The van der Waals surface area contributed by atoms with Crippen molar-refractivity contribution >= 4 is 44.1 Å². The molecule has 0 aliphatic carbocycles. The number of phenolic OH excluding ortho intramolecular Hbond substituents is 1. The molecule has 4 rings (SSSR count). The Kier molecular flexibility index (Phi) is 4.52. The van der Waals surface area contributed by atoms with Gasteiger partial charge in [-0.05, 0) is 34.1 Å². The number of nitrogens with one attached hydrogen (secondary N) is 1. The maximum absolute atomic E-state index is 12.8. The SMILES string of the molecule is COc1cc2[nH]c3c(=O)n(/N=C/c4cccc(Br)c4O)cnc3c2cc1OC. The van der Waals surface area contributed by atoms with Gasteiger partial charge in [-0.2, -0.15) is 9.78 Å². The van der Waals surface area contributed by atoms with Crippen LogP contribution < -0.4 is 15.0 Å². The molecule has 0 aliphatic rings. The van der Waals surface area contributed by atoms with Gasteiger partial charge >= 0.3 is 0 Å². The second-order valence-electron chi connectivity index (χ2n) is 5.92. The van der Waals surface area contributed by atoms with E-state index < -0.39 is 0 Å². The number of fused-ring (bicyclic) bond motifs is 3. The summed E-state index contributed by atoms with van der Waals surface area (Å²) in [5, 5.41) is 14.9. The molecule has 2 heterocycles. The fourth-order valence-corrected chi connectivity index (χ4v) is 3.30. The van der Waals surface area contributed by atoms with E-state index in [4.69, 9.17) is 9.47 Å². The molecule has 2 aromatic carbocycles. The second kappa shape index (κ2) is 7.01. The maximum Gasteiger partial charge on any atom is 0.298 e. The number of nitrogens with zero attached hydrogens (tertiary/aromatic N) is 3. The van der Waals surface area contributed by atoms with E-state index in [1.807, 2.05) is 0 Å². The van der Waals surface area contributed by atoms with E-state index in [2.05, 4.69) is 31.0 Å². The molecule has 142 valence electrons. The summed E-state index contributed by atoms with van der Waals surface area (Å²) in [6.45, 7) is 0. The Hall–Kier alpha value is -3.33. The minimum atomic E-state index is -0.370. The van der Waals surface area contributed by atoms with Crippen LogP contribution in [0.25, 0.3) is 21.9 Å². The average Bonchev–Trinajstić information content (AvgIpc) is 3.07. The topological polar surface area (TPSA) is 102 Å². The molecule has 0 saturated heterocycles. The largest absolute Gasteiger partial charge is 0.506 e. The molecule has 0 spiro atoms. The number of aromatic hydroxyl groups is 1. The van der Waals surface area contributed by atoms with Gasteiger partial charge in [0.1, 0.15) is 23.1 Å². The van der Waals surface area contributed by atoms with Gasteiger partial charge in [0.15, 0.2) is 11.5 Å². The number of para-hydroxylation sites is 1. The lowest BCUT2D eigenvalue weighted by Gasteiger charge is -2.06. The standard InChI is InChI=1S/C19H15BrN4O4/c1-27-14-6-11-13(7-15(14)28-2)23-17-16(11)21-9-24(19(17)26)22-8-10-4-3-5-12(20)18(10)25/h3-9,23,25H,1-2H3/b22-8+. The monoisotopic (exact) mass is 442 g/mol. The Balaban J connectivity index is 1.85. The van der Waals surface area contributed by atoms with Crippen LogP contribution in [0.15, 0.2) is 51.0 Å². The van der Waals surface area contributed by atoms with Crippen LogP contribution in [0.4, 0.5) is 0 Å². The normalized spacial score (nSPS) is 11.5. The molecule has 0 radical (unpaired) electrons. The van der Waals surface area contributed by atoms with E-state index >= 15 is 0 Å². The summed E-state index contributed by atoms with van der Waals surface area (Å²) in [7, 11) is 3.09. The van der Waals surface area contributed by atoms with Gasteiger partial charge < -0.3 is 19.6 Å². The third-order valence-electron chi connectivity index (χ3n) is 4.33. The van der Waals surface area contributed by atoms with E-state index in [1.165, 1.54) is 12.5 Å². The van der Waals surface area contributed by atoms with Crippen molar-refractivity contribution in [1.29, 1.82) is 0 Å². The zero-order valence-electron chi connectivity index (χ0n) is 14.9. The third-order valence-corrected chi connectivity index (χ3v) is 4.97. The highest BCUT2D eigenvalue weighted by molar-refractivity contribution is 9.10. The number of phenols is 1. The highest BCUT2D eigenvalue weighted by atomic mass is 79.9. The molecule has 0 bridgehead atoms. The summed E-state index contributed by atoms with van der Waals surface area (Å²) in [4.78, 5) is 20.3. The van der Waals surface area contributed by atoms with Gasteiger partial charge in [0.05, 0.1) is 30.4 Å². The lowest BCUT2D eigenvalue weighted by atomic mass is 10.2. The molecular weight excluding hydrogens is 428 g/mol. The van der Waals surface area contributed by atoms with Gasteiger partial charge in [0.2, 0.25) is 0 Å². The Labute approximate surface area is 167 Å². The van der Waals surface area contributed by atoms with Crippen molar-refractivity contribution in [2.24, 2.45) is 5.10 Å². The van der Waals surface area contributed by atoms with E-state index in [9.17, 15) is 9.90 Å². The van der Waals surface area contributed by atoms with Crippen molar-refractivity contribution in [2.75, 3.05) is 14.2 Å². The van der Waals surface area contributed by atoms with Gasteiger partial charge in [0, 0.05) is 17.0 Å². The van der Waals surface area contributed by atoms with Crippen molar-refractivity contribution < 1.29 is 14.6 Å². The number of hydrogen-bond donors (Lipinski definition) is 2. The van der Waals surface area contributed by atoms with Gasteiger partial charge in [-0.15, -0.1) is 0 Å². The molecule has 0 fully saturated rings. The smallest absolute Gasteiger partial charge is 0.298 e. The van der Waals surface area contributed by atoms with Gasteiger partial charge in [-0.25, -0.2) is 4.98 Å². The van der Waals surface area contributed by atoms with E-state index in [1.54, 1.807) is 44.6 Å². The third kappa shape index (κ3) is 2.89. The number of benzene rings is 2. The number of H-pyrrole nitrogens is 1. The van der Waals surface area contributed by atoms with E-state index in [0.29, 0.717) is 38.1 Å². The number of rotatable bonds is 4. The van der Waals surface area contributed by atoms with Gasteiger partial charge in [-0.1, -0.05) is 6.07 Å². The zero-order valence-corrected chi connectivity index (χ0v) is 16.5. The Morgan fingerprint density at radius 1 is 1.25 bits per heavy atom. The maximum atomic E-state index is 12.8. The average molecular weight is 443 g/mol. The summed E-state index contributed by atoms with van der Waals surface area (Å²) < 4.78 is 12.3. The summed E-state index contributed by atoms with van der Waals surface area (Å²) in [5.74, 6) is 1.13. The molecule has 0 atom stereocenters. The second-order valence-corrected chi connectivity index (χ2v) is 6.77. The molecule has 0 amide bonds. The summed E-state index contributed by atoms with van der Waals surface area (Å²) in [6, 6.07) is 8.67. The van der Waals surface area contributed by atoms with E-state index in [0.717, 1.165) is 10.1 Å². The number of ether oxygens (including phenoxy) is 2. The summed E-state index contributed by atoms with van der Waals surface area (Å²) in [5.41, 5.74) is 1.61. The Morgan fingerprint density at radius 2 is 2.00 bits per heavy atom. The quantitative estimate of drug-likeness (QED) is 0.472. The molecule has 2 N–H and O–H groups in total. The highest BCUT2D eigenvalue weighted by Crippen LogP contribution is 2.34. The minimum Gasteiger partial charge on any atom is -0.506 e. The first kappa shape index (κ1) is 18.1. The van der Waals surface area contributed by atoms with Crippen molar-refractivity contribution in [1.82, 2.24) is 14.6 Å². The number of halogens is 1. The summed E-state index contributed by atoms with van der Waals surface area (Å²) >= 11 is 3.24. The van der Waals surface area contributed by atoms with Crippen LogP contribution in [-0.2, 0) is 0 Å². The fourth-order valence-electron chi connectivity index (χ4n) is 2.92. The Morgan fingerprint density at radius 3 is 2.75 bits per heavy atom. The first-order valence-electron chi connectivity index (χ1n) is 8.20. The van der Waals surface area contributed by atoms with Crippen LogP contribution in [0.5, 0.6) is 17.2 Å². The predicted molar refractivity (Wildman–Crippen MR) is 110 cm³/mol. The van der Waals surface area contributed by atoms with E-state index in [-0.39, 0.29) is 11.3 Å². The molecule has 0 unspecified atom stereocenters. The van der Waals surface area contributed by atoms with Crippen LogP contribution in [0.1, 0.15) is 5.56 Å². The minimum absolute atomic E-state index is 0.0399. The Bertz CT molecular complexity index is 1290. The molecule has 0 saturated carbocycles. The van der Waals surface area contributed by atoms with Gasteiger partial charge in [-0.3, -0.25) is 4.79 Å². The highest BCUT2D eigenvalue weighted by Gasteiger charge is 2.14. The molecule has 2 aromatic heterocycles. The van der Waals surface area contributed by atoms with Crippen molar-refractivity contribution in [2.45, 2.75) is 0 Å². The van der Waals surface area contributed by atoms with Crippen LogP contribution in [0.2, 0.25) is 0 Å².